The molecule has 1 unspecified atom stereocenters. The number of nitrogens with zero attached hydrogens (tertiary/aromatic N) is 6. The highest BCUT2D eigenvalue weighted by Crippen LogP contribution is 2.36. The Morgan fingerprint density at radius 2 is 2.05 bits per heavy atom. The van der Waals surface area contributed by atoms with Gasteiger partial charge in [-0.05, 0) is 37.1 Å². The number of benzene rings is 1. The number of nitrogen functional groups attached to an aromatic ring is 1. The first-order valence-corrected chi connectivity index (χ1v) is 12.4. The molecule has 1 aliphatic rings. The number of hydrogen-bond donors (Lipinski definition) is 2. The number of nitriles is 1. The predicted molar refractivity (Wildman–Crippen MR) is 144 cm³/mol. The molecule has 0 saturated carbocycles. The fourth-order valence-electron chi connectivity index (χ4n) is 4.70. The molecular formula is C28H26N8O3. The molecular weight excluding hydrogens is 496 g/mol. The first-order chi connectivity index (χ1) is 19.0. The van der Waals surface area contributed by atoms with Gasteiger partial charge in [-0.1, -0.05) is 18.2 Å². The normalized spacial score (nSPS) is 15.1. The molecule has 2 amide bonds. The van der Waals surface area contributed by atoms with Crippen LogP contribution in [0.25, 0.3) is 16.8 Å². The largest absolute Gasteiger partial charge is 0.382 e. The Morgan fingerprint density at radius 3 is 2.82 bits per heavy atom. The zero-order valence-corrected chi connectivity index (χ0v) is 21.2. The van der Waals surface area contributed by atoms with Crippen LogP contribution in [0.15, 0.2) is 67.1 Å². The number of amides is 2. The number of methoxy groups -OCH3 is 1. The molecule has 0 bridgehead atoms. The van der Waals surface area contributed by atoms with E-state index in [4.69, 9.17) is 20.7 Å². The second-order valence-electron chi connectivity index (χ2n) is 8.97. The summed E-state index contributed by atoms with van der Waals surface area (Å²) in [5, 5.41) is 11.8. The van der Waals surface area contributed by atoms with Gasteiger partial charge in [-0.3, -0.25) is 14.0 Å². The third kappa shape index (κ3) is 5.18. The van der Waals surface area contributed by atoms with Crippen molar-refractivity contribution in [3.8, 4) is 17.3 Å². The summed E-state index contributed by atoms with van der Waals surface area (Å²) in [6.07, 6.45) is 9.72. The summed E-state index contributed by atoms with van der Waals surface area (Å²) >= 11 is 0. The third-order valence-corrected chi connectivity index (χ3v) is 6.52. The fourth-order valence-corrected chi connectivity index (χ4v) is 4.70. The van der Waals surface area contributed by atoms with Crippen LogP contribution in [0, 0.1) is 11.3 Å². The van der Waals surface area contributed by atoms with Crippen molar-refractivity contribution in [1.29, 1.82) is 5.26 Å². The number of aromatic nitrogens is 4. The summed E-state index contributed by atoms with van der Waals surface area (Å²) in [4.78, 5) is 40.8. The quantitative estimate of drug-likeness (QED) is 0.351. The van der Waals surface area contributed by atoms with Gasteiger partial charge < -0.3 is 20.7 Å². The minimum absolute atomic E-state index is 0.0972. The smallest absolute Gasteiger partial charge is 0.256 e. The van der Waals surface area contributed by atoms with Crippen LogP contribution in [0.5, 0.6) is 0 Å². The van der Waals surface area contributed by atoms with E-state index in [9.17, 15) is 9.59 Å². The van der Waals surface area contributed by atoms with Gasteiger partial charge in [0.15, 0.2) is 0 Å². The van der Waals surface area contributed by atoms with E-state index in [1.54, 1.807) is 55.9 Å². The van der Waals surface area contributed by atoms with Crippen LogP contribution in [0.4, 0.5) is 11.6 Å². The number of likely N-dealkylation sites (tertiary alicyclic amines) is 1. The number of hydrogen-bond acceptors (Lipinski definition) is 8. The molecule has 5 rings (SSSR count). The number of nitrogens with two attached hydrogens (primary N) is 1. The van der Waals surface area contributed by atoms with E-state index in [0.717, 1.165) is 18.4 Å². The molecule has 1 aliphatic heterocycles. The molecule has 4 aromatic rings. The van der Waals surface area contributed by atoms with Crippen LogP contribution in [-0.2, 0) is 9.53 Å². The molecule has 0 spiro atoms. The van der Waals surface area contributed by atoms with E-state index in [1.807, 2.05) is 15.4 Å². The highest BCUT2D eigenvalue weighted by atomic mass is 16.5. The summed E-state index contributed by atoms with van der Waals surface area (Å²) in [5.41, 5.74) is 9.10. The first-order valence-electron chi connectivity index (χ1n) is 12.4. The summed E-state index contributed by atoms with van der Waals surface area (Å²) < 4.78 is 6.91. The van der Waals surface area contributed by atoms with E-state index < -0.39 is 0 Å². The Bertz CT molecular complexity index is 1600. The average Bonchev–Trinajstić information content (AvgIpc) is 3.59. The highest BCUT2D eigenvalue weighted by molar-refractivity contribution is 6.04. The van der Waals surface area contributed by atoms with Gasteiger partial charge in [0, 0.05) is 49.4 Å². The molecule has 4 heterocycles. The summed E-state index contributed by atoms with van der Waals surface area (Å²) in [6, 6.07) is 11.8. The lowest BCUT2D eigenvalue weighted by Crippen LogP contribution is -2.30. The van der Waals surface area contributed by atoms with Crippen LogP contribution in [0.1, 0.15) is 40.6 Å². The van der Waals surface area contributed by atoms with Crippen molar-refractivity contribution in [2.45, 2.75) is 18.9 Å². The molecule has 1 aromatic carbocycles. The summed E-state index contributed by atoms with van der Waals surface area (Å²) in [7, 11) is 1.58. The van der Waals surface area contributed by atoms with Gasteiger partial charge in [0.05, 0.1) is 24.3 Å². The van der Waals surface area contributed by atoms with Gasteiger partial charge in [-0.2, -0.15) is 5.26 Å². The topological polar surface area (TPSA) is 152 Å². The van der Waals surface area contributed by atoms with Crippen LogP contribution in [0.3, 0.4) is 0 Å². The third-order valence-electron chi connectivity index (χ3n) is 6.52. The van der Waals surface area contributed by atoms with Gasteiger partial charge in [-0.25, -0.2) is 15.0 Å². The molecule has 1 fully saturated rings. The van der Waals surface area contributed by atoms with E-state index in [2.05, 4.69) is 15.3 Å². The summed E-state index contributed by atoms with van der Waals surface area (Å²) in [6.45, 7) is 0.987. The number of carbonyl (C=O) groups excluding carboxylic acids is 2. The molecule has 1 atom stereocenters. The second-order valence-corrected chi connectivity index (χ2v) is 8.97. The predicted octanol–water partition coefficient (Wildman–Crippen LogP) is 3.36. The van der Waals surface area contributed by atoms with Crippen LogP contribution >= 0.6 is 0 Å². The Labute approximate surface area is 224 Å². The summed E-state index contributed by atoms with van der Waals surface area (Å²) in [5.74, 6) is 0.847. The lowest BCUT2D eigenvalue weighted by atomic mass is 10.1. The number of carbonyl (C=O) groups is 2. The Hall–Kier alpha value is -5.08. The maximum Gasteiger partial charge on any atom is 0.256 e. The van der Waals surface area contributed by atoms with Gasteiger partial charge in [0.1, 0.15) is 28.7 Å². The SMILES string of the molecule is COC/C=C/C(=O)N1CCCC1c1nc(-c2ccc(C(=O)Nc3cc(C#N)ccn3)cc2)c2c(N)nccn12. The van der Waals surface area contributed by atoms with Crippen LogP contribution in [0.2, 0.25) is 0 Å². The Kier molecular flexibility index (Phi) is 7.29. The zero-order chi connectivity index (χ0) is 27.4. The average molecular weight is 523 g/mol. The number of ether oxygens (including phenoxy) is 1. The molecule has 1 saturated heterocycles. The number of pyridine rings is 1. The molecule has 39 heavy (non-hydrogen) atoms. The van der Waals surface area contributed by atoms with E-state index in [0.29, 0.717) is 52.9 Å². The van der Waals surface area contributed by atoms with Gasteiger partial charge in [0.25, 0.3) is 5.91 Å². The fraction of sp³-hybridized carbons (Fsp3) is 0.214. The van der Waals surface area contributed by atoms with Crippen molar-refractivity contribution in [3.05, 3.63) is 84.1 Å². The lowest BCUT2D eigenvalue weighted by molar-refractivity contribution is -0.127. The zero-order valence-electron chi connectivity index (χ0n) is 21.2. The number of nitrogens with one attached hydrogen (secondary N) is 1. The highest BCUT2D eigenvalue weighted by Gasteiger charge is 2.33. The Morgan fingerprint density at radius 1 is 1.23 bits per heavy atom. The number of rotatable bonds is 7. The van der Waals surface area contributed by atoms with Gasteiger partial charge >= 0.3 is 0 Å². The minimum Gasteiger partial charge on any atom is -0.382 e. The van der Waals surface area contributed by atoms with Crippen molar-refractivity contribution in [1.82, 2.24) is 24.3 Å². The maximum atomic E-state index is 12.9. The first kappa shape index (κ1) is 25.6. The molecule has 0 aliphatic carbocycles. The van der Waals surface area contributed by atoms with Gasteiger partial charge in [-0.15, -0.1) is 0 Å². The molecule has 196 valence electrons. The number of fused-ring (bicyclic) bond motifs is 1. The van der Waals surface area contributed by atoms with Crippen LogP contribution < -0.4 is 11.1 Å². The van der Waals surface area contributed by atoms with Crippen molar-refractivity contribution < 1.29 is 14.3 Å². The van der Waals surface area contributed by atoms with Crippen LogP contribution in [-0.4, -0.2) is 56.3 Å². The molecule has 11 nitrogen and oxygen atoms in total. The van der Waals surface area contributed by atoms with E-state index in [1.165, 1.54) is 18.3 Å². The van der Waals surface area contributed by atoms with E-state index in [-0.39, 0.29) is 17.9 Å². The Balaban J connectivity index is 1.45. The standard InChI is InChI=1S/C28H26N8O3/c1-39-15-3-5-23(37)35-13-2-4-21(35)27-34-24(25-26(30)32-12-14-36(25)27)19-6-8-20(9-7-19)28(38)33-22-16-18(17-29)10-11-31-22/h3,5-12,14,16,21H,2,4,13,15H2,1H3,(H2,30,32)(H,31,33,38)/b5-3+. The van der Waals surface area contributed by atoms with Crippen molar-refractivity contribution in [2.75, 3.05) is 31.3 Å². The second kappa shape index (κ2) is 11.1. The minimum atomic E-state index is -0.359. The number of imidazole rings is 1. The maximum absolute atomic E-state index is 12.9. The van der Waals surface area contributed by atoms with Crippen molar-refractivity contribution in [2.24, 2.45) is 0 Å². The van der Waals surface area contributed by atoms with Crippen molar-refractivity contribution >= 4 is 29.0 Å². The molecule has 0 radical (unpaired) electrons. The number of anilines is 2. The molecule has 3 N–H and O–H groups in total. The monoisotopic (exact) mass is 522 g/mol. The lowest BCUT2D eigenvalue weighted by Gasteiger charge is -2.22. The van der Waals surface area contributed by atoms with E-state index >= 15 is 0 Å². The van der Waals surface area contributed by atoms with Gasteiger partial charge in [0.2, 0.25) is 5.91 Å². The van der Waals surface area contributed by atoms with Crippen molar-refractivity contribution in [3.63, 3.8) is 0 Å². The molecule has 11 heteroatoms. The molecule has 3 aromatic heterocycles.